The molecule has 32 heavy (non-hydrogen) atoms. The van der Waals surface area contributed by atoms with Crippen LogP contribution in [0.1, 0.15) is 5.56 Å². The van der Waals surface area contributed by atoms with Gasteiger partial charge in [0.15, 0.2) is 10.3 Å². The summed E-state index contributed by atoms with van der Waals surface area (Å²) in [6.07, 6.45) is 1.56. The van der Waals surface area contributed by atoms with E-state index in [0.717, 1.165) is 11.3 Å². The number of anilines is 1. The van der Waals surface area contributed by atoms with E-state index in [4.69, 9.17) is 11.6 Å². The molecule has 9 nitrogen and oxygen atoms in total. The zero-order chi connectivity index (χ0) is 22.7. The lowest BCUT2D eigenvalue weighted by Gasteiger charge is -2.07. The first-order valence-corrected chi connectivity index (χ1v) is 11.4. The lowest BCUT2D eigenvalue weighted by atomic mass is 10.1. The summed E-state index contributed by atoms with van der Waals surface area (Å²) in [6, 6.07) is 11.8. The molecule has 0 aliphatic carbocycles. The van der Waals surface area contributed by atoms with Gasteiger partial charge in [-0.05, 0) is 24.6 Å². The maximum absolute atomic E-state index is 12.4. The highest BCUT2D eigenvalue weighted by Gasteiger charge is 2.14. The molecule has 4 aromatic rings. The second kappa shape index (κ2) is 9.47. The van der Waals surface area contributed by atoms with Crippen molar-refractivity contribution in [3.8, 4) is 16.9 Å². The Morgan fingerprint density at radius 1 is 1.31 bits per heavy atom. The number of nitro benzene ring substituents is 1. The molecule has 2 aromatic heterocycles. The van der Waals surface area contributed by atoms with Gasteiger partial charge < -0.3 is 5.32 Å². The van der Waals surface area contributed by atoms with Gasteiger partial charge >= 0.3 is 0 Å². The zero-order valence-corrected chi connectivity index (χ0v) is 18.9. The van der Waals surface area contributed by atoms with Gasteiger partial charge in [0.1, 0.15) is 6.33 Å². The van der Waals surface area contributed by atoms with E-state index in [1.165, 1.54) is 35.2 Å². The molecule has 0 bridgehead atoms. The largest absolute Gasteiger partial charge is 0.301 e. The third-order valence-corrected chi connectivity index (χ3v) is 6.49. The summed E-state index contributed by atoms with van der Waals surface area (Å²) in [7, 11) is 0. The molecule has 0 atom stereocenters. The van der Waals surface area contributed by atoms with Gasteiger partial charge in [0.25, 0.3) is 5.69 Å². The Hall–Kier alpha value is -3.28. The first-order chi connectivity index (χ1) is 15.4. The Bertz CT molecular complexity index is 1310. The Morgan fingerprint density at radius 2 is 2.16 bits per heavy atom. The van der Waals surface area contributed by atoms with E-state index >= 15 is 0 Å². The second-order valence-electron chi connectivity index (χ2n) is 6.60. The maximum atomic E-state index is 12.4. The number of thiazole rings is 1. The number of benzene rings is 2. The number of nitrogens with one attached hydrogen (secondary N) is 1. The molecule has 0 saturated carbocycles. The zero-order valence-electron chi connectivity index (χ0n) is 16.6. The molecular weight excluding hydrogens is 472 g/mol. The molecule has 4 rings (SSSR count). The average molecular weight is 487 g/mol. The van der Waals surface area contributed by atoms with Crippen LogP contribution in [0.3, 0.4) is 0 Å². The highest BCUT2D eigenvalue weighted by atomic mass is 35.5. The van der Waals surface area contributed by atoms with E-state index in [-0.39, 0.29) is 17.3 Å². The number of thioether (sulfide) groups is 1. The quantitative estimate of drug-likeness (QED) is 0.222. The van der Waals surface area contributed by atoms with E-state index in [0.29, 0.717) is 26.6 Å². The molecule has 0 spiro atoms. The minimum Gasteiger partial charge on any atom is -0.301 e. The number of amides is 1. The predicted molar refractivity (Wildman–Crippen MR) is 125 cm³/mol. The van der Waals surface area contributed by atoms with Gasteiger partial charge in [-0.25, -0.2) is 4.98 Å². The van der Waals surface area contributed by atoms with E-state index in [1.807, 2.05) is 25.1 Å². The van der Waals surface area contributed by atoms with Gasteiger partial charge in [-0.1, -0.05) is 41.6 Å². The number of nitrogens with zero attached hydrogens (tertiary/aromatic N) is 5. The van der Waals surface area contributed by atoms with Crippen molar-refractivity contribution in [1.82, 2.24) is 19.7 Å². The number of carbonyl (C=O) groups is 1. The van der Waals surface area contributed by atoms with E-state index in [2.05, 4.69) is 20.5 Å². The molecule has 162 valence electrons. The third kappa shape index (κ3) is 4.96. The lowest BCUT2D eigenvalue weighted by Crippen LogP contribution is -2.14. The molecule has 2 heterocycles. The summed E-state index contributed by atoms with van der Waals surface area (Å²) < 4.78 is 1.76. The van der Waals surface area contributed by atoms with E-state index < -0.39 is 4.92 Å². The van der Waals surface area contributed by atoms with Crippen molar-refractivity contribution in [2.24, 2.45) is 0 Å². The van der Waals surface area contributed by atoms with Crippen LogP contribution in [-0.2, 0) is 4.79 Å². The number of non-ortho nitro benzene ring substituents is 1. The first-order valence-electron chi connectivity index (χ1n) is 9.20. The van der Waals surface area contributed by atoms with Crippen LogP contribution in [0.4, 0.5) is 10.8 Å². The molecule has 2 aromatic carbocycles. The van der Waals surface area contributed by atoms with Crippen LogP contribution >= 0.6 is 34.7 Å². The van der Waals surface area contributed by atoms with Gasteiger partial charge in [-0.2, -0.15) is 0 Å². The number of carbonyl (C=O) groups excluding carboxylic acids is 1. The van der Waals surface area contributed by atoms with Crippen LogP contribution in [0.15, 0.2) is 59.3 Å². The van der Waals surface area contributed by atoms with Gasteiger partial charge in [0.05, 0.1) is 22.1 Å². The number of halogens is 1. The second-order valence-corrected chi connectivity index (χ2v) is 8.81. The van der Waals surface area contributed by atoms with Gasteiger partial charge in [0.2, 0.25) is 5.91 Å². The molecule has 0 radical (unpaired) electrons. The summed E-state index contributed by atoms with van der Waals surface area (Å²) in [5.74, 6) is -0.157. The minimum absolute atomic E-state index is 0.0172. The molecular formula is C20H15ClN6O3S2. The molecule has 0 aliphatic heterocycles. The summed E-state index contributed by atoms with van der Waals surface area (Å²) in [4.78, 5) is 27.3. The fourth-order valence-electron chi connectivity index (χ4n) is 2.76. The highest BCUT2D eigenvalue weighted by Crippen LogP contribution is 2.28. The van der Waals surface area contributed by atoms with Crippen LogP contribution in [0.2, 0.25) is 5.02 Å². The lowest BCUT2D eigenvalue weighted by molar-refractivity contribution is -0.384. The van der Waals surface area contributed by atoms with Crippen LogP contribution < -0.4 is 5.32 Å². The molecule has 0 saturated heterocycles. The Balaban J connectivity index is 1.40. The van der Waals surface area contributed by atoms with Crippen molar-refractivity contribution in [3.05, 3.63) is 74.9 Å². The smallest absolute Gasteiger partial charge is 0.270 e. The van der Waals surface area contributed by atoms with Crippen LogP contribution in [-0.4, -0.2) is 36.3 Å². The molecule has 0 unspecified atom stereocenters. The monoisotopic (exact) mass is 486 g/mol. The fraction of sp³-hybridized carbons (Fsp3) is 0.100. The van der Waals surface area contributed by atoms with Crippen molar-refractivity contribution in [1.29, 1.82) is 0 Å². The van der Waals surface area contributed by atoms with Crippen molar-refractivity contribution in [2.45, 2.75) is 12.1 Å². The third-order valence-electron chi connectivity index (χ3n) is 4.39. The van der Waals surface area contributed by atoms with Gasteiger partial charge in [-0.15, -0.1) is 21.5 Å². The SMILES string of the molecule is Cc1ccc(-n2cnnc2SCC(=O)Nc2nc(-c3cccc([N+](=O)[O-])c3)cs2)cc1Cl. The summed E-state index contributed by atoms with van der Waals surface area (Å²) in [5.41, 5.74) is 2.91. The maximum Gasteiger partial charge on any atom is 0.270 e. The van der Waals surface area contributed by atoms with Crippen molar-refractivity contribution in [3.63, 3.8) is 0 Å². The Kier molecular flexibility index (Phi) is 6.49. The van der Waals surface area contributed by atoms with Crippen molar-refractivity contribution < 1.29 is 9.72 Å². The van der Waals surface area contributed by atoms with Gasteiger partial charge in [-0.3, -0.25) is 19.5 Å². The number of hydrogen-bond donors (Lipinski definition) is 1. The van der Waals surface area contributed by atoms with Crippen LogP contribution in [0.5, 0.6) is 0 Å². The van der Waals surface area contributed by atoms with Crippen molar-refractivity contribution >= 4 is 51.4 Å². The Labute approximate surface area is 195 Å². The van der Waals surface area contributed by atoms with Crippen LogP contribution in [0, 0.1) is 17.0 Å². The number of nitro groups is 1. The predicted octanol–water partition coefficient (Wildman–Crippen LogP) is 4.99. The summed E-state index contributed by atoms with van der Waals surface area (Å²) in [5, 5.41) is 25.0. The first kappa shape index (κ1) is 21.9. The number of aryl methyl sites for hydroxylation is 1. The topological polar surface area (TPSA) is 116 Å². The normalized spacial score (nSPS) is 10.8. The molecule has 0 fully saturated rings. The average Bonchev–Trinajstić information content (AvgIpc) is 3.44. The summed E-state index contributed by atoms with van der Waals surface area (Å²) in [6.45, 7) is 1.92. The fourth-order valence-corrected chi connectivity index (χ4v) is 4.40. The van der Waals surface area contributed by atoms with Crippen molar-refractivity contribution in [2.75, 3.05) is 11.1 Å². The van der Waals surface area contributed by atoms with E-state index in [1.54, 1.807) is 28.4 Å². The van der Waals surface area contributed by atoms with Gasteiger partial charge in [0, 0.05) is 28.1 Å². The molecule has 12 heteroatoms. The molecule has 0 aliphatic rings. The number of hydrogen-bond acceptors (Lipinski definition) is 8. The number of aromatic nitrogens is 4. The van der Waals surface area contributed by atoms with E-state index in [9.17, 15) is 14.9 Å². The van der Waals surface area contributed by atoms with Crippen LogP contribution in [0.25, 0.3) is 16.9 Å². The number of rotatable bonds is 7. The Morgan fingerprint density at radius 3 is 2.94 bits per heavy atom. The molecule has 1 amide bonds. The molecule has 1 N–H and O–H groups in total. The minimum atomic E-state index is -0.459. The highest BCUT2D eigenvalue weighted by molar-refractivity contribution is 7.99. The standard InChI is InChI=1S/C20H15ClN6O3S2/c1-12-5-6-14(8-16(12)21)26-11-22-25-20(26)32-10-18(28)24-19-23-17(9-31-19)13-3-2-4-15(7-13)27(29)30/h2-9,11H,10H2,1H3,(H,23,24,28). The summed E-state index contributed by atoms with van der Waals surface area (Å²) >= 11 is 8.68.